The van der Waals surface area contributed by atoms with Gasteiger partial charge in [-0.05, 0) is 63.0 Å². The number of hydrogen-bond donors (Lipinski definition) is 0. The maximum atomic E-state index is 6.65. The van der Waals surface area contributed by atoms with Crippen LogP contribution in [0, 0.1) is 0 Å². The SMILES string of the molecule is c1cc(-c2nc(-c3cccc4c3oc3ccccc34)nc(-c3c4ccccc4cc4c3oc3ccccc34)n2)cc(-c2cccc3ccccc23)c1. The molecule has 0 fully saturated rings. The first kappa shape index (κ1) is 28.7. The first-order valence-corrected chi connectivity index (χ1v) is 17.4. The second-order valence-electron chi connectivity index (χ2n) is 13.1. The van der Waals surface area contributed by atoms with Crippen molar-refractivity contribution in [2.75, 3.05) is 0 Å². The minimum absolute atomic E-state index is 0.525. The molecule has 3 aromatic heterocycles. The largest absolute Gasteiger partial charge is 0.455 e. The number of fused-ring (bicyclic) bond motifs is 8. The maximum absolute atomic E-state index is 6.65. The van der Waals surface area contributed by atoms with E-state index in [2.05, 4.69) is 109 Å². The molecule has 0 aliphatic rings. The second-order valence-corrected chi connectivity index (χ2v) is 13.1. The van der Waals surface area contributed by atoms with Crippen LogP contribution in [0.2, 0.25) is 0 Å². The zero-order chi connectivity index (χ0) is 34.2. The van der Waals surface area contributed by atoms with Crippen molar-refractivity contribution in [3.63, 3.8) is 0 Å². The zero-order valence-corrected chi connectivity index (χ0v) is 27.7. The average molecular weight is 666 g/mol. The number of para-hydroxylation sites is 3. The van der Waals surface area contributed by atoms with Gasteiger partial charge in [-0.3, -0.25) is 0 Å². The van der Waals surface area contributed by atoms with Crippen LogP contribution in [0.25, 0.3) is 111 Å². The fourth-order valence-corrected chi connectivity index (χ4v) is 7.71. The first-order chi connectivity index (χ1) is 25.8. The molecule has 0 aliphatic carbocycles. The number of rotatable bonds is 4. The summed E-state index contributed by atoms with van der Waals surface area (Å²) in [6.07, 6.45) is 0. The lowest BCUT2D eigenvalue weighted by Crippen LogP contribution is -2.01. The van der Waals surface area contributed by atoms with Gasteiger partial charge in [0, 0.05) is 27.1 Å². The molecule has 0 saturated heterocycles. The van der Waals surface area contributed by atoms with Crippen LogP contribution in [0.1, 0.15) is 0 Å². The van der Waals surface area contributed by atoms with E-state index in [0.717, 1.165) is 82.5 Å². The summed E-state index contributed by atoms with van der Waals surface area (Å²) in [6, 6.07) is 56.3. The monoisotopic (exact) mass is 665 g/mol. The summed E-state index contributed by atoms with van der Waals surface area (Å²) in [4.78, 5) is 15.8. The Morgan fingerprint density at radius 2 is 0.885 bits per heavy atom. The Kier molecular flexibility index (Phi) is 6.18. The summed E-state index contributed by atoms with van der Waals surface area (Å²) in [7, 11) is 0. The number of nitrogens with zero attached hydrogens (tertiary/aromatic N) is 3. The Morgan fingerprint density at radius 3 is 1.73 bits per heavy atom. The molecule has 8 aromatic carbocycles. The average Bonchev–Trinajstić information content (AvgIpc) is 3.78. The third kappa shape index (κ3) is 4.39. The molecule has 0 aliphatic heterocycles. The van der Waals surface area contributed by atoms with Gasteiger partial charge in [0.25, 0.3) is 0 Å². The highest BCUT2D eigenvalue weighted by Gasteiger charge is 2.22. The Morgan fingerprint density at radius 1 is 0.327 bits per heavy atom. The molecule has 0 N–H and O–H groups in total. The Balaban J connectivity index is 1.21. The van der Waals surface area contributed by atoms with E-state index in [4.69, 9.17) is 23.8 Å². The van der Waals surface area contributed by atoms with Crippen molar-refractivity contribution in [1.82, 2.24) is 15.0 Å². The normalized spacial score (nSPS) is 11.8. The van der Waals surface area contributed by atoms with Crippen LogP contribution in [0.3, 0.4) is 0 Å². The smallest absolute Gasteiger partial charge is 0.168 e. The summed E-state index contributed by atoms with van der Waals surface area (Å²) in [6.45, 7) is 0. The van der Waals surface area contributed by atoms with Crippen LogP contribution >= 0.6 is 0 Å². The quantitative estimate of drug-likeness (QED) is 0.187. The molecule has 5 nitrogen and oxygen atoms in total. The van der Waals surface area contributed by atoms with Crippen molar-refractivity contribution in [3.8, 4) is 45.3 Å². The van der Waals surface area contributed by atoms with Crippen molar-refractivity contribution >= 4 is 65.4 Å². The van der Waals surface area contributed by atoms with Crippen LogP contribution in [-0.2, 0) is 0 Å². The van der Waals surface area contributed by atoms with Crippen molar-refractivity contribution < 1.29 is 8.83 Å². The number of hydrogen-bond acceptors (Lipinski definition) is 5. The zero-order valence-electron chi connectivity index (χ0n) is 27.7. The third-order valence-electron chi connectivity index (χ3n) is 10.1. The highest BCUT2D eigenvalue weighted by Crippen LogP contribution is 2.42. The van der Waals surface area contributed by atoms with Gasteiger partial charge < -0.3 is 8.83 Å². The highest BCUT2D eigenvalue weighted by atomic mass is 16.3. The minimum Gasteiger partial charge on any atom is -0.455 e. The van der Waals surface area contributed by atoms with Crippen molar-refractivity contribution in [3.05, 3.63) is 164 Å². The van der Waals surface area contributed by atoms with Crippen molar-refractivity contribution in [2.45, 2.75) is 0 Å². The fourth-order valence-electron chi connectivity index (χ4n) is 7.71. The predicted molar refractivity (Wildman–Crippen MR) is 211 cm³/mol. The van der Waals surface area contributed by atoms with Gasteiger partial charge >= 0.3 is 0 Å². The Bertz CT molecular complexity index is 3200. The van der Waals surface area contributed by atoms with Crippen LogP contribution in [-0.4, -0.2) is 15.0 Å². The van der Waals surface area contributed by atoms with Crippen LogP contribution < -0.4 is 0 Å². The summed E-state index contributed by atoms with van der Waals surface area (Å²) in [5, 5.41) is 8.60. The molecule has 0 spiro atoms. The molecule has 11 aromatic rings. The number of aromatic nitrogens is 3. The standard InChI is InChI=1S/C47H27N3O2/c1-3-17-32-28(12-1)14-10-21-33(32)29-15-9-16-31(26-29)45-48-46(38-23-11-22-37-35-19-5-7-24-40(35)51-43(37)38)50-47(49-45)42-34-18-4-2-13-30(34)27-39-36-20-6-8-25-41(36)52-44(39)42/h1-27H. The molecule has 52 heavy (non-hydrogen) atoms. The van der Waals surface area contributed by atoms with Gasteiger partial charge in [0.05, 0.1) is 11.1 Å². The van der Waals surface area contributed by atoms with Crippen LogP contribution in [0.15, 0.2) is 173 Å². The molecule has 242 valence electrons. The summed E-state index contributed by atoms with van der Waals surface area (Å²) in [5.41, 5.74) is 7.87. The van der Waals surface area contributed by atoms with Crippen LogP contribution in [0.4, 0.5) is 0 Å². The molecule has 5 heteroatoms. The molecule has 11 rings (SSSR count). The molecule has 0 unspecified atom stereocenters. The van der Waals surface area contributed by atoms with E-state index in [-0.39, 0.29) is 0 Å². The van der Waals surface area contributed by atoms with E-state index in [1.165, 1.54) is 10.8 Å². The molecule has 0 atom stereocenters. The van der Waals surface area contributed by atoms with Gasteiger partial charge in [0.1, 0.15) is 22.3 Å². The van der Waals surface area contributed by atoms with E-state index in [1.807, 2.05) is 54.6 Å². The minimum atomic E-state index is 0.525. The summed E-state index contributed by atoms with van der Waals surface area (Å²) in [5.74, 6) is 1.62. The van der Waals surface area contributed by atoms with Gasteiger partial charge in [-0.1, -0.05) is 133 Å². The topological polar surface area (TPSA) is 65.0 Å². The molecule has 3 heterocycles. The lowest BCUT2D eigenvalue weighted by Gasteiger charge is -2.12. The van der Waals surface area contributed by atoms with Gasteiger partial charge in [-0.2, -0.15) is 0 Å². The van der Waals surface area contributed by atoms with E-state index in [1.54, 1.807) is 0 Å². The lowest BCUT2D eigenvalue weighted by molar-refractivity contribution is 0.669. The first-order valence-electron chi connectivity index (χ1n) is 17.4. The van der Waals surface area contributed by atoms with E-state index >= 15 is 0 Å². The third-order valence-corrected chi connectivity index (χ3v) is 10.1. The molecule has 0 bridgehead atoms. The lowest BCUT2D eigenvalue weighted by atomic mass is 9.97. The van der Waals surface area contributed by atoms with Crippen LogP contribution in [0.5, 0.6) is 0 Å². The van der Waals surface area contributed by atoms with Gasteiger partial charge in [-0.15, -0.1) is 0 Å². The van der Waals surface area contributed by atoms with E-state index < -0.39 is 0 Å². The highest BCUT2D eigenvalue weighted by molar-refractivity contribution is 6.18. The van der Waals surface area contributed by atoms with Gasteiger partial charge in [0.15, 0.2) is 17.5 Å². The molecule has 0 amide bonds. The maximum Gasteiger partial charge on any atom is 0.168 e. The van der Waals surface area contributed by atoms with E-state index in [9.17, 15) is 0 Å². The predicted octanol–water partition coefficient (Wildman–Crippen LogP) is 12.6. The van der Waals surface area contributed by atoms with Crippen molar-refractivity contribution in [1.29, 1.82) is 0 Å². The number of benzene rings is 8. The molecular formula is C47H27N3O2. The van der Waals surface area contributed by atoms with Gasteiger partial charge in [-0.25, -0.2) is 15.0 Å². The van der Waals surface area contributed by atoms with Crippen molar-refractivity contribution in [2.24, 2.45) is 0 Å². The summed E-state index contributed by atoms with van der Waals surface area (Å²) < 4.78 is 13.2. The molecule has 0 radical (unpaired) electrons. The van der Waals surface area contributed by atoms with E-state index in [0.29, 0.717) is 17.5 Å². The Hall–Kier alpha value is -7.11. The Labute approximate surface area is 297 Å². The number of furan rings is 2. The molecular weight excluding hydrogens is 639 g/mol. The molecule has 0 saturated carbocycles. The fraction of sp³-hybridized carbons (Fsp3) is 0. The second kappa shape index (κ2) is 11.2. The van der Waals surface area contributed by atoms with Gasteiger partial charge in [0.2, 0.25) is 0 Å². The summed E-state index contributed by atoms with van der Waals surface area (Å²) >= 11 is 0.